The number of para-hydroxylation sites is 2. The quantitative estimate of drug-likeness (QED) is 0.226. The summed E-state index contributed by atoms with van der Waals surface area (Å²) in [5, 5.41) is 13.2. The Morgan fingerprint density at radius 1 is 0.952 bits per heavy atom. The highest BCUT2D eigenvalue weighted by Crippen LogP contribution is 2.39. The van der Waals surface area contributed by atoms with E-state index in [1.165, 1.54) is 22.4 Å². The van der Waals surface area contributed by atoms with Crippen LogP contribution in [-0.2, 0) is 13.1 Å². The number of nitrogens with zero attached hydrogens (tertiary/aromatic N) is 2. The summed E-state index contributed by atoms with van der Waals surface area (Å²) >= 11 is 1.36. The smallest absolute Gasteiger partial charge is 0.341 e. The fourth-order valence-corrected chi connectivity index (χ4v) is 6.08. The van der Waals surface area contributed by atoms with Gasteiger partial charge in [-0.1, -0.05) is 36.4 Å². The van der Waals surface area contributed by atoms with Gasteiger partial charge in [-0.15, -0.1) is 11.3 Å². The van der Waals surface area contributed by atoms with Crippen molar-refractivity contribution in [1.29, 1.82) is 0 Å². The van der Waals surface area contributed by atoms with Gasteiger partial charge in [0.05, 0.1) is 26.2 Å². The van der Waals surface area contributed by atoms with Crippen molar-refractivity contribution in [2.75, 3.05) is 26.2 Å². The van der Waals surface area contributed by atoms with E-state index in [9.17, 15) is 19.5 Å². The van der Waals surface area contributed by atoms with Crippen LogP contribution in [0.4, 0.5) is 10.5 Å². The van der Waals surface area contributed by atoms with Gasteiger partial charge in [0.2, 0.25) is 5.43 Å². The highest BCUT2D eigenvalue weighted by atomic mass is 32.1. The zero-order valence-corrected chi connectivity index (χ0v) is 24.1. The largest absolute Gasteiger partial charge is 0.497 e. The van der Waals surface area contributed by atoms with Gasteiger partial charge in [-0.25, -0.2) is 9.59 Å². The van der Waals surface area contributed by atoms with Crippen molar-refractivity contribution in [1.82, 2.24) is 9.88 Å². The number of amides is 2. The third kappa shape index (κ3) is 5.57. The molecule has 214 valence electrons. The van der Waals surface area contributed by atoms with Gasteiger partial charge in [-0.3, -0.25) is 9.69 Å². The van der Waals surface area contributed by atoms with E-state index in [0.717, 1.165) is 16.0 Å². The normalized spacial score (nSPS) is 10.8. The summed E-state index contributed by atoms with van der Waals surface area (Å²) in [6.07, 6.45) is 1.37. The average Bonchev–Trinajstić information content (AvgIpc) is 3.41. The monoisotopic (exact) mass is 583 g/mol. The van der Waals surface area contributed by atoms with Crippen molar-refractivity contribution in [2.24, 2.45) is 0 Å². The Morgan fingerprint density at radius 2 is 1.64 bits per heavy atom. The topological polar surface area (TPSA) is 110 Å². The van der Waals surface area contributed by atoms with Crippen LogP contribution in [0.3, 0.4) is 0 Å². The van der Waals surface area contributed by atoms with Gasteiger partial charge in [0.15, 0.2) is 0 Å². The summed E-state index contributed by atoms with van der Waals surface area (Å²) in [5.74, 6) is -0.0145. The lowest BCUT2D eigenvalue weighted by Gasteiger charge is -2.18. The SMILES string of the molecule is COc1ccc(-c2sc3c(c2CNC(=O)N(C)c2ccccc2)c(=O)c(C(=O)O)cn3Cc2ccccc2OC)cc1. The Morgan fingerprint density at radius 3 is 2.31 bits per heavy atom. The summed E-state index contributed by atoms with van der Waals surface area (Å²) in [6.45, 7) is 0.274. The number of urea groups is 1. The lowest BCUT2D eigenvalue weighted by Crippen LogP contribution is -2.37. The molecule has 2 heterocycles. The minimum absolute atomic E-state index is 0.00431. The molecule has 42 heavy (non-hydrogen) atoms. The molecule has 3 aromatic carbocycles. The molecular formula is C32H29N3O6S. The van der Waals surface area contributed by atoms with Crippen LogP contribution in [0.5, 0.6) is 11.5 Å². The maximum atomic E-state index is 13.7. The van der Waals surface area contributed by atoms with Gasteiger partial charge in [0.1, 0.15) is 21.9 Å². The van der Waals surface area contributed by atoms with E-state index in [1.807, 2.05) is 78.9 Å². The van der Waals surface area contributed by atoms with Crippen LogP contribution in [0.15, 0.2) is 89.9 Å². The highest BCUT2D eigenvalue weighted by molar-refractivity contribution is 7.22. The Labute approximate surface area is 246 Å². The Bertz CT molecular complexity index is 1810. The number of aromatic carboxylic acids is 1. The number of hydrogen-bond acceptors (Lipinski definition) is 6. The van der Waals surface area contributed by atoms with Crippen LogP contribution in [0.25, 0.3) is 20.7 Å². The molecule has 0 aliphatic heterocycles. The summed E-state index contributed by atoms with van der Waals surface area (Å²) in [5.41, 5.74) is 1.90. The molecule has 0 aliphatic carbocycles. The molecule has 2 amide bonds. The number of aromatic nitrogens is 1. The molecule has 0 atom stereocenters. The second-order valence-corrected chi connectivity index (χ2v) is 10.5. The van der Waals surface area contributed by atoms with Gasteiger partial charge in [0, 0.05) is 41.5 Å². The summed E-state index contributed by atoms with van der Waals surface area (Å²) in [4.78, 5) is 41.9. The van der Waals surface area contributed by atoms with Crippen LogP contribution in [0, 0.1) is 0 Å². The third-order valence-electron chi connectivity index (χ3n) is 6.99. The van der Waals surface area contributed by atoms with Crippen LogP contribution in [0.2, 0.25) is 0 Å². The zero-order chi connectivity index (χ0) is 29.8. The first kappa shape index (κ1) is 28.4. The number of anilines is 1. The fraction of sp³-hybridized carbons (Fsp3) is 0.156. The molecule has 2 N–H and O–H groups in total. The number of carboxylic acids is 1. The number of carbonyl (C=O) groups is 2. The van der Waals surface area contributed by atoms with Crippen molar-refractivity contribution in [3.8, 4) is 21.9 Å². The number of pyridine rings is 1. The number of rotatable bonds is 9. The first-order valence-electron chi connectivity index (χ1n) is 13.1. The van der Waals surface area contributed by atoms with Gasteiger partial charge in [0.25, 0.3) is 0 Å². The van der Waals surface area contributed by atoms with E-state index in [-0.39, 0.29) is 30.1 Å². The first-order valence-corrected chi connectivity index (χ1v) is 13.9. The molecule has 0 bridgehead atoms. The molecule has 0 unspecified atom stereocenters. The predicted molar refractivity (Wildman–Crippen MR) is 164 cm³/mol. The molecule has 0 saturated carbocycles. The number of ether oxygens (including phenoxy) is 2. The Balaban J connectivity index is 1.67. The number of fused-ring (bicyclic) bond motifs is 1. The maximum Gasteiger partial charge on any atom is 0.341 e. The van der Waals surface area contributed by atoms with E-state index < -0.39 is 11.4 Å². The number of carboxylic acid groups (broad SMARTS) is 1. The number of methoxy groups -OCH3 is 2. The molecule has 0 fully saturated rings. The van der Waals surface area contributed by atoms with Crippen LogP contribution in [-0.4, -0.2) is 42.9 Å². The number of carbonyl (C=O) groups excluding carboxylic acids is 1. The molecule has 0 aliphatic rings. The predicted octanol–water partition coefficient (Wildman–Crippen LogP) is 5.84. The van der Waals surface area contributed by atoms with Crippen LogP contribution < -0.4 is 25.1 Å². The van der Waals surface area contributed by atoms with E-state index in [0.29, 0.717) is 27.6 Å². The summed E-state index contributed by atoms with van der Waals surface area (Å²) < 4.78 is 12.6. The lowest BCUT2D eigenvalue weighted by molar-refractivity contribution is 0.0694. The number of benzene rings is 3. The van der Waals surface area contributed by atoms with E-state index in [4.69, 9.17) is 9.47 Å². The van der Waals surface area contributed by atoms with E-state index in [1.54, 1.807) is 25.8 Å². The number of hydrogen-bond donors (Lipinski definition) is 2. The minimum Gasteiger partial charge on any atom is -0.497 e. The number of nitrogens with one attached hydrogen (secondary N) is 1. The van der Waals surface area contributed by atoms with Gasteiger partial charge >= 0.3 is 12.0 Å². The van der Waals surface area contributed by atoms with Gasteiger partial charge in [-0.05, 0) is 48.0 Å². The summed E-state index contributed by atoms with van der Waals surface area (Å²) in [7, 11) is 4.81. The molecule has 5 rings (SSSR count). The molecule has 5 aromatic rings. The zero-order valence-electron chi connectivity index (χ0n) is 23.3. The molecule has 10 heteroatoms. The molecule has 2 aromatic heterocycles. The van der Waals surface area contributed by atoms with Crippen molar-refractivity contribution < 1.29 is 24.2 Å². The minimum atomic E-state index is -1.33. The van der Waals surface area contributed by atoms with E-state index in [2.05, 4.69) is 5.32 Å². The lowest BCUT2D eigenvalue weighted by atomic mass is 10.0. The molecule has 0 radical (unpaired) electrons. The van der Waals surface area contributed by atoms with Gasteiger partial charge in [-0.2, -0.15) is 0 Å². The average molecular weight is 584 g/mol. The second-order valence-electron chi connectivity index (χ2n) is 9.49. The van der Waals surface area contributed by atoms with Crippen molar-refractivity contribution >= 4 is 39.2 Å². The third-order valence-corrected chi connectivity index (χ3v) is 8.30. The van der Waals surface area contributed by atoms with Crippen molar-refractivity contribution in [3.63, 3.8) is 0 Å². The number of thiophene rings is 1. The highest BCUT2D eigenvalue weighted by Gasteiger charge is 2.24. The van der Waals surface area contributed by atoms with E-state index >= 15 is 0 Å². The standard InChI is InChI=1S/C32H29N3O6S/c1-34(22-10-5-4-6-11-22)32(39)33-17-24-27-28(36)25(31(37)38)19-35(18-21-9-7-8-12-26(21)41-3)30(27)42-29(24)20-13-15-23(40-2)16-14-20/h4-16,19H,17-18H2,1-3H3,(H,33,39)(H,37,38). The Hall–Kier alpha value is -5.09. The van der Waals surface area contributed by atoms with Crippen molar-refractivity contribution in [3.05, 3.63) is 112 Å². The van der Waals surface area contributed by atoms with Crippen LogP contribution in [0.1, 0.15) is 21.5 Å². The molecule has 0 spiro atoms. The van der Waals surface area contributed by atoms with Crippen LogP contribution >= 0.6 is 11.3 Å². The molecular weight excluding hydrogens is 554 g/mol. The summed E-state index contributed by atoms with van der Waals surface area (Å²) in [6, 6.07) is 23.6. The first-order chi connectivity index (χ1) is 20.3. The Kier molecular flexibility index (Phi) is 8.26. The van der Waals surface area contributed by atoms with Crippen molar-refractivity contribution in [2.45, 2.75) is 13.1 Å². The second kappa shape index (κ2) is 12.2. The molecule has 9 nitrogen and oxygen atoms in total. The molecule has 0 saturated heterocycles. The maximum absolute atomic E-state index is 13.7. The fourth-order valence-electron chi connectivity index (χ4n) is 4.78. The van der Waals surface area contributed by atoms with Gasteiger partial charge < -0.3 is 24.5 Å².